The van der Waals surface area contributed by atoms with Crippen molar-refractivity contribution in [2.24, 2.45) is 11.5 Å². The zero-order chi connectivity index (χ0) is 30.1. The highest BCUT2D eigenvalue weighted by Gasteiger charge is 2.32. The SMILES string of the molecule is CC(O)C(N)C(=O)NC(Cc1ccccc1)C(=O)NC(Cc1c[nH]c2ccccc12)C(=O)NC(CC(N)=O)C(=O)O. The average molecular weight is 567 g/mol. The molecule has 1 aromatic heterocycles. The molecule has 13 heteroatoms. The minimum atomic E-state index is -1.62. The van der Waals surface area contributed by atoms with Crippen LogP contribution in [0.15, 0.2) is 60.8 Å². The quantitative estimate of drug-likeness (QED) is 0.121. The smallest absolute Gasteiger partial charge is 0.326 e. The number of aliphatic hydroxyl groups excluding tert-OH is 1. The number of nitrogens with one attached hydrogen (secondary N) is 4. The van der Waals surface area contributed by atoms with Crippen LogP contribution >= 0.6 is 0 Å². The number of amides is 4. The summed E-state index contributed by atoms with van der Waals surface area (Å²) in [6.07, 6.45) is -0.192. The summed E-state index contributed by atoms with van der Waals surface area (Å²) in [6, 6.07) is 10.6. The maximum atomic E-state index is 13.6. The van der Waals surface area contributed by atoms with E-state index in [-0.39, 0.29) is 12.8 Å². The number of benzene rings is 2. The van der Waals surface area contributed by atoms with Gasteiger partial charge in [0.2, 0.25) is 23.6 Å². The first-order chi connectivity index (χ1) is 19.5. The molecule has 1 heterocycles. The van der Waals surface area contributed by atoms with E-state index in [9.17, 15) is 34.2 Å². The topological polar surface area (TPSA) is 230 Å². The normalized spacial score (nSPS) is 14.7. The summed E-state index contributed by atoms with van der Waals surface area (Å²) in [4.78, 5) is 65.7. The molecule has 13 nitrogen and oxygen atoms in total. The summed E-state index contributed by atoms with van der Waals surface area (Å²) in [5.41, 5.74) is 13.0. The van der Waals surface area contributed by atoms with Gasteiger partial charge in [0.1, 0.15) is 24.2 Å². The number of hydrogen-bond donors (Lipinski definition) is 8. The van der Waals surface area contributed by atoms with Crippen LogP contribution in [0.4, 0.5) is 0 Å². The van der Waals surface area contributed by atoms with Gasteiger partial charge < -0.3 is 42.6 Å². The lowest BCUT2D eigenvalue weighted by molar-refractivity contribution is -0.143. The van der Waals surface area contributed by atoms with E-state index in [0.717, 1.165) is 10.9 Å². The molecule has 0 saturated heterocycles. The van der Waals surface area contributed by atoms with Crippen molar-refractivity contribution in [3.05, 3.63) is 71.9 Å². The molecule has 0 fully saturated rings. The number of fused-ring (bicyclic) bond motifs is 1. The number of aromatic amines is 1. The van der Waals surface area contributed by atoms with Crippen LogP contribution < -0.4 is 27.4 Å². The molecule has 0 saturated carbocycles. The minimum absolute atomic E-state index is 0.0335. The maximum absolute atomic E-state index is 13.6. The zero-order valence-corrected chi connectivity index (χ0v) is 22.4. The monoisotopic (exact) mass is 566 g/mol. The number of hydrogen-bond acceptors (Lipinski definition) is 7. The molecule has 0 spiro atoms. The fourth-order valence-corrected chi connectivity index (χ4v) is 4.22. The Bertz CT molecular complexity index is 1390. The number of nitrogens with two attached hydrogens (primary N) is 2. The molecule has 4 amide bonds. The lowest BCUT2D eigenvalue weighted by Gasteiger charge is -2.25. The van der Waals surface area contributed by atoms with Crippen molar-refractivity contribution in [1.29, 1.82) is 0 Å². The summed E-state index contributed by atoms with van der Waals surface area (Å²) in [7, 11) is 0. The predicted molar refractivity (Wildman–Crippen MR) is 149 cm³/mol. The van der Waals surface area contributed by atoms with Crippen LogP contribution in [-0.2, 0) is 36.8 Å². The third-order valence-electron chi connectivity index (χ3n) is 6.49. The molecule has 3 rings (SSSR count). The van der Waals surface area contributed by atoms with Gasteiger partial charge in [-0.2, -0.15) is 0 Å². The highest BCUT2D eigenvalue weighted by Crippen LogP contribution is 2.19. The van der Waals surface area contributed by atoms with E-state index in [1.165, 1.54) is 6.92 Å². The number of carbonyl (C=O) groups is 5. The minimum Gasteiger partial charge on any atom is -0.480 e. The van der Waals surface area contributed by atoms with Gasteiger partial charge in [-0.15, -0.1) is 0 Å². The van der Waals surface area contributed by atoms with Gasteiger partial charge in [-0.3, -0.25) is 19.2 Å². The van der Waals surface area contributed by atoms with Crippen molar-refractivity contribution in [1.82, 2.24) is 20.9 Å². The van der Waals surface area contributed by atoms with Gasteiger partial charge in [-0.1, -0.05) is 48.5 Å². The van der Waals surface area contributed by atoms with Gasteiger partial charge in [0.15, 0.2) is 0 Å². The van der Waals surface area contributed by atoms with Crippen LogP contribution in [0.5, 0.6) is 0 Å². The molecular weight excluding hydrogens is 532 g/mol. The molecule has 2 aromatic carbocycles. The van der Waals surface area contributed by atoms with Crippen molar-refractivity contribution in [2.45, 2.75) is 56.5 Å². The Morgan fingerprint density at radius 2 is 1.39 bits per heavy atom. The fraction of sp³-hybridized carbons (Fsp3) is 0.321. The summed E-state index contributed by atoms with van der Waals surface area (Å²) < 4.78 is 0. The number of primary amides is 1. The molecule has 0 aliphatic rings. The zero-order valence-electron chi connectivity index (χ0n) is 22.4. The fourth-order valence-electron chi connectivity index (χ4n) is 4.22. The van der Waals surface area contributed by atoms with Crippen molar-refractivity contribution in [3.8, 4) is 0 Å². The van der Waals surface area contributed by atoms with Crippen LogP contribution in [0, 0.1) is 0 Å². The van der Waals surface area contributed by atoms with E-state index in [2.05, 4.69) is 20.9 Å². The summed E-state index contributed by atoms with van der Waals surface area (Å²) in [5.74, 6) is -4.81. The lowest BCUT2D eigenvalue weighted by Crippen LogP contribution is -2.59. The summed E-state index contributed by atoms with van der Waals surface area (Å²) >= 11 is 0. The van der Waals surface area contributed by atoms with E-state index in [0.29, 0.717) is 11.1 Å². The Kier molecular flexibility index (Phi) is 10.6. The van der Waals surface area contributed by atoms with Crippen molar-refractivity contribution in [2.75, 3.05) is 0 Å². The third-order valence-corrected chi connectivity index (χ3v) is 6.49. The van der Waals surface area contributed by atoms with Gasteiger partial charge >= 0.3 is 5.97 Å². The first kappa shape index (κ1) is 30.8. The number of carboxylic acid groups (broad SMARTS) is 1. The van der Waals surface area contributed by atoms with Crippen LogP contribution in [0.1, 0.15) is 24.5 Å². The number of carboxylic acids is 1. The number of carbonyl (C=O) groups excluding carboxylic acids is 4. The number of aromatic nitrogens is 1. The number of aliphatic carboxylic acids is 1. The van der Waals surface area contributed by atoms with Crippen LogP contribution in [0.25, 0.3) is 10.9 Å². The summed E-state index contributed by atoms with van der Waals surface area (Å²) in [5, 5.41) is 27.4. The Morgan fingerprint density at radius 1 is 0.829 bits per heavy atom. The molecule has 0 aliphatic heterocycles. The van der Waals surface area contributed by atoms with Gasteiger partial charge in [0.05, 0.1) is 12.5 Å². The molecule has 5 unspecified atom stereocenters. The van der Waals surface area contributed by atoms with E-state index < -0.39 is 66.3 Å². The van der Waals surface area contributed by atoms with Gasteiger partial charge in [0, 0.05) is 29.9 Å². The molecule has 218 valence electrons. The van der Waals surface area contributed by atoms with Crippen molar-refractivity contribution in [3.63, 3.8) is 0 Å². The average Bonchev–Trinajstić information content (AvgIpc) is 3.34. The van der Waals surface area contributed by atoms with Crippen LogP contribution in [-0.4, -0.2) is 75.1 Å². The Hall–Kier alpha value is -4.75. The Balaban J connectivity index is 1.91. The van der Waals surface area contributed by atoms with E-state index in [1.807, 2.05) is 18.2 Å². The first-order valence-electron chi connectivity index (χ1n) is 12.9. The first-order valence-corrected chi connectivity index (χ1v) is 12.9. The van der Waals surface area contributed by atoms with Crippen LogP contribution in [0.3, 0.4) is 0 Å². The second-order valence-corrected chi connectivity index (χ2v) is 9.71. The Morgan fingerprint density at radius 3 is 2.00 bits per heavy atom. The van der Waals surface area contributed by atoms with Gasteiger partial charge in [-0.05, 0) is 24.1 Å². The second-order valence-electron chi connectivity index (χ2n) is 9.71. The lowest BCUT2D eigenvalue weighted by atomic mass is 10.0. The molecular formula is C28H34N6O7. The molecule has 0 bridgehead atoms. The molecule has 41 heavy (non-hydrogen) atoms. The third kappa shape index (κ3) is 8.62. The number of aliphatic hydroxyl groups is 1. The highest BCUT2D eigenvalue weighted by molar-refractivity contribution is 5.95. The molecule has 3 aromatic rings. The molecule has 0 radical (unpaired) electrons. The van der Waals surface area contributed by atoms with Crippen molar-refractivity contribution < 1.29 is 34.2 Å². The number of H-pyrrole nitrogens is 1. The van der Waals surface area contributed by atoms with Crippen molar-refractivity contribution >= 4 is 40.5 Å². The number of para-hydroxylation sites is 1. The largest absolute Gasteiger partial charge is 0.480 e. The predicted octanol–water partition coefficient (Wildman–Crippen LogP) is -0.924. The second kappa shape index (κ2) is 14.1. The van der Waals surface area contributed by atoms with E-state index in [4.69, 9.17) is 11.5 Å². The number of rotatable bonds is 14. The molecule has 5 atom stereocenters. The summed E-state index contributed by atoms with van der Waals surface area (Å²) in [6.45, 7) is 1.34. The molecule has 10 N–H and O–H groups in total. The Labute approximate surface area is 235 Å². The highest BCUT2D eigenvalue weighted by atomic mass is 16.4. The van der Waals surface area contributed by atoms with E-state index in [1.54, 1.807) is 42.6 Å². The van der Waals surface area contributed by atoms with Gasteiger partial charge in [0.25, 0.3) is 0 Å². The van der Waals surface area contributed by atoms with Crippen LogP contribution in [0.2, 0.25) is 0 Å². The van der Waals surface area contributed by atoms with E-state index >= 15 is 0 Å². The van der Waals surface area contributed by atoms with Gasteiger partial charge in [-0.25, -0.2) is 4.79 Å². The molecule has 0 aliphatic carbocycles. The maximum Gasteiger partial charge on any atom is 0.326 e. The standard InChI is InChI=1S/C28H34N6O7/c1-15(35)24(30)27(39)33-20(11-16-7-3-2-4-8-16)25(37)32-21(26(38)34-22(28(40)41)13-23(29)36)12-17-14-31-19-10-6-5-9-18(17)19/h2-10,14-15,20-22,24,31,35H,11-13,30H2,1H3,(H2,29,36)(H,32,37)(H,33,39)(H,34,38)(H,40,41).